The third-order valence-corrected chi connectivity index (χ3v) is 5.72. The molecule has 22 heavy (non-hydrogen) atoms. The van der Waals surface area contributed by atoms with Crippen LogP contribution in [0.1, 0.15) is 34.9 Å². The van der Waals surface area contributed by atoms with E-state index in [0.717, 1.165) is 32.4 Å². The number of hydrogen-bond acceptors (Lipinski definition) is 3. The molecule has 1 aromatic carbocycles. The van der Waals surface area contributed by atoms with Gasteiger partial charge in [-0.1, -0.05) is 30.3 Å². The Labute approximate surface area is 135 Å². The summed E-state index contributed by atoms with van der Waals surface area (Å²) in [6.45, 7) is 1.79. The molecule has 2 aliphatic rings. The summed E-state index contributed by atoms with van der Waals surface area (Å²) < 4.78 is 0. The molecule has 4 heteroatoms. The maximum Gasteiger partial charge on any atom is 0.240 e. The number of amides is 1. The van der Waals surface area contributed by atoms with E-state index < -0.39 is 0 Å². The molecule has 4 rings (SSSR count). The van der Waals surface area contributed by atoms with Gasteiger partial charge in [0.2, 0.25) is 5.91 Å². The lowest BCUT2D eigenvalue weighted by molar-refractivity contribution is -0.135. The Balaban J connectivity index is 1.72. The smallest absolute Gasteiger partial charge is 0.240 e. The van der Waals surface area contributed by atoms with Crippen LogP contribution in [0.2, 0.25) is 0 Å². The number of thiophene rings is 1. The fraction of sp³-hybridized carbons (Fsp3) is 0.389. The van der Waals surface area contributed by atoms with Gasteiger partial charge in [0.15, 0.2) is 0 Å². The summed E-state index contributed by atoms with van der Waals surface area (Å²) in [6, 6.07) is 12.7. The molecule has 2 aliphatic heterocycles. The predicted octanol–water partition coefficient (Wildman–Crippen LogP) is 2.97. The van der Waals surface area contributed by atoms with Crippen LogP contribution < -0.4 is 5.32 Å². The van der Waals surface area contributed by atoms with E-state index in [1.165, 1.54) is 16.0 Å². The number of benzene rings is 1. The number of rotatable bonds is 2. The van der Waals surface area contributed by atoms with Crippen LogP contribution in [0.4, 0.5) is 0 Å². The first-order chi connectivity index (χ1) is 10.8. The second kappa shape index (κ2) is 5.86. The van der Waals surface area contributed by atoms with Crippen molar-refractivity contribution in [3.8, 4) is 0 Å². The molecule has 3 heterocycles. The minimum absolute atomic E-state index is 0.00592. The first-order valence-corrected chi connectivity index (χ1v) is 8.87. The van der Waals surface area contributed by atoms with Crippen LogP contribution in [0.25, 0.3) is 0 Å². The van der Waals surface area contributed by atoms with Crippen LogP contribution in [0.3, 0.4) is 0 Å². The van der Waals surface area contributed by atoms with Crippen molar-refractivity contribution in [3.63, 3.8) is 0 Å². The summed E-state index contributed by atoms with van der Waals surface area (Å²) in [7, 11) is 0. The van der Waals surface area contributed by atoms with E-state index >= 15 is 0 Å². The molecule has 1 unspecified atom stereocenters. The summed E-state index contributed by atoms with van der Waals surface area (Å²) in [5.74, 6) is 0.267. The van der Waals surface area contributed by atoms with Crippen molar-refractivity contribution in [1.29, 1.82) is 0 Å². The molecule has 2 atom stereocenters. The molecule has 3 nitrogen and oxygen atoms in total. The Kier molecular flexibility index (Phi) is 3.72. The van der Waals surface area contributed by atoms with Crippen molar-refractivity contribution in [2.75, 3.05) is 13.1 Å². The van der Waals surface area contributed by atoms with Gasteiger partial charge in [-0.3, -0.25) is 4.79 Å². The van der Waals surface area contributed by atoms with Crippen LogP contribution in [0.5, 0.6) is 0 Å². The number of nitrogens with one attached hydrogen (secondary N) is 1. The second-order valence-electron chi connectivity index (χ2n) is 6.04. The lowest BCUT2D eigenvalue weighted by atomic mass is 9.92. The molecule has 1 N–H and O–H groups in total. The highest BCUT2D eigenvalue weighted by Gasteiger charge is 2.36. The lowest BCUT2D eigenvalue weighted by Crippen LogP contribution is -2.48. The van der Waals surface area contributed by atoms with Gasteiger partial charge >= 0.3 is 0 Å². The van der Waals surface area contributed by atoms with Crippen molar-refractivity contribution in [2.24, 2.45) is 0 Å². The minimum atomic E-state index is 0.00592. The first kappa shape index (κ1) is 14.0. The quantitative estimate of drug-likeness (QED) is 0.924. The first-order valence-electron chi connectivity index (χ1n) is 7.99. The van der Waals surface area contributed by atoms with E-state index in [1.807, 2.05) is 17.4 Å². The summed E-state index contributed by atoms with van der Waals surface area (Å²) >= 11 is 1.82. The summed E-state index contributed by atoms with van der Waals surface area (Å²) in [5, 5.41) is 5.51. The summed E-state index contributed by atoms with van der Waals surface area (Å²) in [5.41, 5.74) is 2.53. The zero-order valence-corrected chi connectivity index (χ0v) is 13.3. The van der Waals surface area contributed by atoms with Gasteiger partial charge in [-0.15, -0.1) is 11.3 Å². The van der Waals surface area contributed by atoms with Crippen LogP contribution in [-0.2, 0) is 11.2 Å². The number of hydrogen-bond donors (Lipinski definition) is 1. The molecule has 2 aromatic rings. The highest BCUT2D eigenvalue weighted by atomic mass is 32.1. The molecule has 0 spiro atoms. The Morgan fingerprint density at radius 2 is 2.09 bits per heavy atom. The number of fused-ring (bicyclic) bond motifs is 1. The Morgan fingerprint density at radius 1 is 1.23 bits per heavy atom. The van der Waals surface area contributed by atoms with Gasteiger partial charge in [0.05, 0.1) is 12.1 Å². The molecule has 0 bridgehead atoms. The molecule has 0 aliphatic carbocycles. The monoisotopic (exact) mass is 312 g/mol. The molecule has 0 saturated carbocycles. The van der Waals surface area contributed by atoms with Gasteiger partial charge in [0.25, 0.3) is 0 Å². The van der Waals surface area contributed by atoms with Crippen LogP contribution in [0.15, 0.2) is 41.8 Å². The molecule has 0 radical (unpaired) electrons. The van der Waals surface area contributed by atoms with Gasteiger partial charge < -0.3 is 10.2 Å². The second-order valence-corrected chi connectivity index (χ2v) is 7.04. The Bertz CT molecular complexity index is 661. The topological polar surface area (TPSA) is 32.3 Å². The molecule has 1 fully saturated rings. The highest BCUT2D eigenvalue weighted by molar-refractivity contribution is 7.10. The largest absolute Gasteiger partial charge is 0.330 e. The maximum atomic E-state index is 13.0. The normalized spacial score (nSPS) is 24.3. The summed E-state index contributed by atoms with van der Waals surface area (Å²) in [6.07, 6.45) is 3.05. The molecule has 1 saturated heterocycles. The molecule has 114 valence electrons. The third kappa shape index (κ3) is 2.36. The van der Waals surface area contributed by atoms with Crippen LogP contribution in [-0.4, -0.2) is 29.9 Å². The predicted molar refractivity (Wildman–Crippen MR) is 89.0 cm³/mol. The highest BCUT2D eigenvalue weighted by Crippen LogP contribution is 2.38. The van der Waals surface area contributed by atoms with Gasteiger partial charge in [0.1, 0.15) is 0 Å². The van der Waals surface area contributed by atoms with Crippen molar-refractivity contribution in [2.45, 2.75) is 31.3 Å². The van der Waals surface area contributed by atoms with Crippen molar-refractivity contribution in [1.82, 2.24) is 10.2 Å². The van der Waals surface area contributed by atoms with Crippen LogP contribution >= 0.6 is 11.3 Å². The minimum Gasteiger partial charge on any atom is -0.330 e. The SMILES string of the molecule is O=C([C@@H]1CCCN1)N1CCc2sccc2C1c1ccccc1. The maximum absolute atomic E-state index is 13.0. The fourth-order valence-electron chi connectivity index (χ4n) is 3.64. The number of carbonyl (C=O) groups excluding carboxylic acids is 1. The van der Waals surface area contributed by atoms with E-state index in [4.69, 9.17) is 0 Å². The average Bonchev–Trinajstić information content (AvgIpc) is 3.25. The van der Waals surface area contributed by atoms with Crippen molar-refractivity contribution in [3.05, 3.63) is 57.8 Å². The van der Waals surface area contributed by atoms with Crippen molar-refractivity contribution >= 4 is 17.2 Å². The van der Waals surface area contributed by atoms with E-state index in [9.17, 15) is 4.79 Å². The summed E-state index contributed by atoms with van der Waals surface area (Å²) in [4.78, 5) is 16.5. The van der Waals surface area contributed by atoms with Crippen LogP contribution in [0, 0.1) is 0 Å². The van der Waals surface area contributed by atoms with Gasteiger partial charge in [0, 0.05) is 11.4 Å². The van der Waals surface area contributed by atoms with E-state index in [1.54, 1.807) is 0 Å². The fourth-order valence-corrected chi connectivity index (χ4v) is 4.55. The zero-order chi connectivity index (χ0) is 14.9. The number of carbonyl (C=O) groups is 1. The molecule has 1 amide bonds. The van der Waals surface area contributed by atoms with E-state index in [2.05, 4.69) is 45.9 Å². The van der Waals surface area contributed by atoms with Crippen molar-refractivity contribution < 1.29 is 4.79 Å². The Morgan fingerprint density at radius 3 is 2.86 bits per heavy atom. The lowest BCUT2D eigenvalue weighted by Gasteiger charge is -2.37. The zero-order valence-electron chi connectivity index (χ0n) is 12.5. The van der Waals surface area contributed by atoms with E-state index in [0.29, 0.717) is 0 Å². The number of nitrogens with zero attached hydrogens (tertiary/aromatic N) is 1. The molecular weight excluding hydrogens is 292 g/mol. The standard InChI is InChI=1S/C18H20N2OS/c21-18(15-7-4-10-19-15)20-11-8-16-14(9-12-22-16)17(20)13-5-2-1-3-6-13/h1-3,5-6,9,12,15,17,19H,4,7-8,10-11H2/t15-,17?/m0/s1. The molecule has 1 aromatic heterocycles. The average molecular weight is 312 g/mol. The van der Waals surface area contributed by atoms with Gasteiger partial charge in [-0.2, -0.15) is 0 Å². The molecular formula is C18H20N2OS. The Hall–Kier alpha value is -1.65. The van der Waals surface area contributed by atoms with Gasteiger partial charge in [-0.05, 0) is 48.4 Å². The van der Waals surface area contributed by atoms with E-state index in [-0.39, 0.29) is 18.0 Å². The van der Waals surface area contributed by atoms with Gasteiger partial charge in [-0.25, -0.2) is 0 Å². The third-order valence-electron chi connectivity index (χ3n) is 4.72.